The molecule has 0 aromatic carbocycles. The van der Waals surface area contributed by atoms with E-state index in [2.05, 4.69) is 5.73 Å². The van der Waals surface area contributed by atoms with Crippen molar-refractivity contribution >= 4 is 0 Å². The molecule has 7 heavy (non-hydrogen) atoms. The van der Waals surface area contributed by atoms with Gasteiger partial charge >= 0.3 is 0 Å². The van der Waals surface area contributed by atoms with Gasteiger partial charge < -0.3 is 0 Å². The summed E-state index contributed by atoms with van der Waals surface area (Å²) in [5.41, 5.74) is 2.76. The fourth-order valence-corrected chi connectivity index (χ4v) is 0.256. The molecule has 0 unspecified atom stereocenters. The highest BCUT2D eigenvalue weighted by Gasteiger charge is 1.68. The molecule has 0 radical (unpaired) electrons. The quantitative estimate of drug-likeness (QED) is 0.466. The lowest BCUT2D eigenvalue weighted by molar-refractivity contribution is 0.501. The van der Waals surface area contributed by atoms with E-state index < -0.39 is 0 Å². The van der Waals surface area contributed by atoms with Crippen molar-refractivity contribution in [3.8, 4) is 0 Å². The molecule has 40 valence electrons. The average Bonchev–Trinajstić information content (AvgIpc) is 1.69. The Hall–Kier alpha value is -0.550. The monoisotopic (exact) mass is 100 g/mol. The second kappa shape index (κ2) is 5.45. The molecular formula is C6H9F. The molecular weight excluding hydrogens is 91.1 g/mol. The Bertz CT molecular complexity index is 78.2. The number of hydrogen-bond donors (Lipinski definition) is 0. The van der Waals surface area contributed by atoms with E-state index >= 15 is 0 Å². The molecule has 0 heterocycles. The molecule has 0 saturated carbocycles. The first-order valence-corrected chi connectivity index (χ1v) is 2.33. The molecule has 0 bridgehead atoms. The maximum Gasteiger partial charge on any atom is 0.0934 e. The summed E-state index contributed by atoms with van der Waals surface area (Å²) < 4.78 is 11.2. The van der Waals surface area contributed by atoms with Crippen molar-refractivity contribution in [2.45, 2.75) is 13.3 Å². The summed E-state index contributed by atoms with van der Waals surface area (Å²) in [6, 6.07) is 0. The van der Waals surface area contributed by atoms with Crippen LogP contribution in [0.4, 0.5) is 4.39 Å². The van der Waals surface area contributed by atoms with Gasteiger partial charge in [-0.15, -0.1) is 5.73 Å². The van der Waals surface area contributed by atoms with Gasteiger partial charge in [-0.3, -0.25) is 4.39 Å². The lowest BCUT2D eigenvalue weighted by atomic mass is 10.4. The van der Waals surface area contributed by atoms with E-state index in [1.165, 1.54) is 0 Å². The Labute approximate surface area is 43.4 Å². The van der Waals surface area contributed by atoms with Crippen LogP contribution in [-0.2, 0) is 0 Å². The topological polar surface area (TPSA) is 0 Å². The van der Waals surface area contributed by atoms with Crippen LogP contribution in [0.15, 0.2) is 17.9 Å². The van der Waals surface area contributed by atoms with Crippen LogP contribution in [0.1, 0.15) is 13.3 Å². The molecule has 0 aromatic heterocycles. The fourth-order valence-electron chi connectivity index (χ4n) is 0.256. The summed E-state index contributed by atoms with van der Waals surface area (Å²) in [4.78, 5) is 0. The van der Waals surface area contributed by atoms with Gasteiger partial charge in [-0.25, -0.2) is 0 Å². The lowest BCUT2D eigenvalue weighted by Crippen LogP contribution is -1.63. The third kappa shape index (κ3) is 5.45. The highest BCUT2D eigenvalue weighted by atomic mass is 19.1. The van der Waals surface area contributed by atoms with E-state index in [-0.39, 0.29) is 6.67 Å². The highest BCUT2D eigenvalue weighted by molar-refractivity contribution is 4.80. The molecule has 0 atom stereocenters. The van der Waals surface area contributed by atoms with Crippen molar-refractivity contribution in [2.24, 2.45) is 0 Å². The summed E-state index contributed by atoms with van der Waals surface area (Å²) in [5, 5.41) is 0. The first kappa shape index (κ1) is 6.45. The van der Waals surface area contributed by atoms with Crippen LogP contribution in [0.2, 0.25) is 0 Å². The van der Waals surface area contributed by atoms with Gasteiger partial charge in [-0.05, 0) is 19.1 Å². The summed E-state index contributed by atoms with van der Waals surface area (Å²) in [6.07, 6.45) is 3.93. The van der Waals surface area contributed by atoms with Crippen LogP contribution < -0.4 is 0 Å². The number of allylic oxidation sites excluding steroid dienone is 1. The molecule has 0 saturated heterocycles. The maximum absolute atomic E-state index is 11.2. The zero-order valence-corrected chi connectivity index (χ0v) is 4.45. The third-order valence-electron chi connectivity index (χ3n) is 0.538. The second-order valence-electron chi connectivity index (χ2n) is 1.14. The van der Waals surface area contributed by atoms with Gasteiger partial charge in [-0.2, -0.15) is 0 Å². The summed E-state index contributed by atoms with van der Waals surface area (Å²) in [7, 11) is 0. The van der Waals surface area contributed by atoms with Gasteiger partial charge in [0, 0.05) is 6.42 Å². The molecule has 0 fully saturated rings. The number of hydrogen-bond acceptors (Lipinski definition) is 0. The van der Waals surface area contributed by atoms with Crippen LogP contribution in [0.25, 0.3) is 0 Å². The Morgan fingerprint density at radius 1 is 1.71 bits per heavy atom. The first-order chi connectivity index (χ1) is 3.41. The largest absolute Gasteiger partial charge is 0.251 e. The average molecular weight is 100 g/mol. The molecule has 0 spiro atoms. The number of halogens is 1. The zero-order chi connectivity index (χ0) is 5.54. The van der Waals surface area contributed by atoms with E-state index in [4.69, 9.17) is 0 Å². The second-order valence-corrected chi connectivity index (χ2v) is 1.14. The molecule has 0 N–H and O–H groups in total. The van der Waals surface area contributed by atoms with Crippen LogP contribution >= 0.6 is 0 Å². The number of rotatable bonds is 2. The standard InChI is InChI=1S/C6H9F/c1-2-3-4-5-6-7/h2,4H,5-6H2,1H3. The van der Waals surface area contributed by atoms with Gasteiger partial charge in [0.05, 0.1) is 6.67 Å². The molecule has 0 rings (SSSR count). The minimum Gasteiger partial charge on any atom is -0.251 e. The van der Waals surface area contributed by atoms with E-state index in [0.717, 1.165) is 0 Å². The van der Waals surface area contributed by atoms with Crippen molar-refractivity contribution in [3.63, 3.8) is 0 Å². The summed E-state index contributed by atoms with van der Waals surface area (Å²) in [6.45, 7) is 1.58. The molecule has 0 aromatic rings. The van der Waals surface area contributed by atoms with Gasteiger partial charge in [0.2, 0.25) is 0 Å². The lowest BCUT2D eigenvalue weighted by Gasteiger charge is -1.71. The highest BCUT2D eigenvalue weighted by Crippen LogP contribution is 1.79. The molecule has 1 heteroatoms. The minimum absolute atomic E-state index is 0.277. The zero-order valence-electron chi connectivity index (χ0n) is 4.45. The van der Waals surface area contributed by atoms with E-state index in [1.54, 1.807) is 12.2 Å². The van der Waals surface area contributed by atoms with Crippen molar-refractivity contribution in [1.29, 1.82) is 0 Å². The maximum atomic E-state index is 11.2. The van der Waals surface area contributed by atoms with E-state index in [1.807, 2.05) is 6.92 Å². The fraction of sp³-hybridized carbons (Fsp3) is 0.500. The number of alkyl halides is 1. The summed E-state index contributed by atoms with van der Waals surface area (Å²) in [5.74, 6) is 0. The molecule has 0 amide bonds. The normalized spacial score (nSPS) is 7.14. The van der Waals surface area contributed by atoms with Crippen molar-refractivity contribution in [1.82, 2.24) is 0 Å². The predicted molar refractivity (Wildman–Crippen MR) is 28.9 cm³/mol. The smallest absolute Gasteiger partial charge is 0.0934 e. The molecule has 0 aliphatic heterocycles. The molecule has 0 aliphatic carbocycles. The Kier molecular flexibility index (Phi) is 5.02. The third-order valence-corrected chi connectivity index (χ3v) is 0.538. The van der Waals surface area contributed by atoms with Crippen LogP contribution in [0.5, 0.6) is 0 Å². The Morgan fingerprint density at radius 3 is 2.86 bits per heavy atom. The Balaban J connectivity index is 3.10. The van der Waals surface area contributed by atoms with E-state index in [0.29, 0.717) is 6.42 Å². The Morgan fingerprint density at radius 2 is 2.43 bits per heavy atom. The van der Waals surface area contributed by atoms with Gasteiger partial charge in [0.15, 0.2) is 0 Å². The summed E-state index contributed by atoms with van der Waals surface area (Å²) >= 11 is 0. The van der Waals surface area contributed by atoms with Crippen LogP contribution in [0.3, 0.4) is 0 Å². The van der Waals surface area contributed by atoms with Crippen molar-refractivity contribution in [2.75, 3.05) is 6.67 Å². The first-order valence-electron chi connectivity index (χ1n) is 2.33. The van der Waals surface area contributed by atoms with Gasteiger partial charge in [0.25, 0.3) is 0 Å². The predicted octanol–water partition coefficient (Wildman–Crippen LogP) is 2.08. The van der Waals surface area contributed by atoms with Crippen LogP contribution in [0, 0.1) is 0 Å². The SMILES string of the molecule is CC=C=CCCF. The van der Waals surface area contributed by atoms with E-state index in [9.17, 15) is 4.39 Å². The molecule has 0 aliphatic rings. The molecule has 0 nitrogen and oxygen atoms in total. The minimum atomic E-state index is -0.277. The van der Waals surface area contributed by atoms with Crippen LogP contribution in [-0.4, -0.2) is 6.67 Å². The van der Waals surface area contributed by atoms with Crippen molar-refractivity contribution in [3.05, 3.63) is 17.9 Å². The van der Waals surface area contributed by atoms with Crippen molar-refractivity contribution < 1.29 is 4.39 Å². The van der Waals surface area contributed by atoms with Gasteiger partial charge in [0.1, 0.15) is 0 Å². The van der Waals surface area contributed by atoms with Gasteiger partial charge in [-0.1, -0.05) is 0 Å².